The van der Waals surface area contributed by atoms with E-state index in [1.54, 1.807) is 35.6 Å². The zero-order valence-corrected chi connectivity index (χ0v) is 15.5. The summed E-state index contributed by atoms with van der Waals surface area (Å²) in [6.07, 6.45) is 3.49. The number of sulfone groups is 1. The fourth-order valence-corrected chi connectivity index (χ4v) is 5.50. The van der Waals surface area contributed by atoms with Crippen LogP contribution in [0.4, 0.5) is 5.69 Å². The third-order valence-corrected chi connectivity index (χ3v) is 7.57. The van der Waals surface area contributed by atoms with Crippen LogP contribution in [-0.2, 0) is 21.2 Å². The first-order valence-electron chi connectivity index (χ1n) is 8.42. The molecule has 1 aliphatic carbocycles. The summed E-state index contributed by atoms with van der Waals surface area (Å²) in [6, 6.07) is 10.6. The van der Waals surface area contributed by atoms with Gasteiger partial charge in [0.05, 0.1) is 23.2 Å². The van der Waals surface area contributed by atoms with Crippen LogP contribution in [-0.4, -0.2) is 26.1 Å². The number of nitrogens with one attached hydrogen (secondary N) is 2. The molecule has 25 heavy (non-hydrogen) atoms. The van der Waals surface area contributed by atoms with Gasteiger partial charge in [-0.2, -0.15) is 0 Å². The maximum Gasteiger partial charge on any atom is 0.239 e. The smallest absolute Gasteiger partial charge is 0.239 e. The predicted molar refractivity (Wildman–Crippen MR) is 101 cm³/mol. The lowest BCUT2D eigenvalue weighted by molar-refractivity contribution is -0.119. The van der Waals surface area contributed by atoms with Crippen LogP contribution in [0, 0.1) is 0 Å². The van der Waals surface area contributed by atoms with Gasteiger partial charge in [-0.15, -0.1) is 11.3 Å². The second kappa shape index (κ2) is 8.01. The van der Waals surface area contributed by atoms with Gasteiger partial charge >= 0.3 is 0 Å². The first-order chi connectivity index (χ1) is 12.1. The molecule has 1 heterocycles. The topological polar surface area (TPSA) is 75.3 Å². The van der Waals surface area contributed by atoms with Gasteiger partial charge in [-0.3, -0.25) is 4.79 Å². The molecule has 0 bridgehead atoms. The fourth-order valence-electron chi connectivity index (χ4n) is 3.00. The highest BCUT2D eigenvalue weighted by molar-refractivity contribution is 7.92. The summed E-state index contributed by atoms with van der Waals surface area (Å²) in [7, 11) is -3.23. The average Bonchev–Trinajstić information content (AvgIpc) is 3.32. The Kier molecular flexibility index (Phi) is 5.75. The van der Waals surface area contributed by atoms with Gasteiger partial charge in [-0.1, -0.05) is 18.9 Å². The Morgan fingerprint density at radius 2 is 1.84 bits per heavy atom. The minimum Gasteiger partial charge on any atom is -0.376 e. The lowest BCUT2D eigenvalue weighted by Crippen LogP contribution is -2.29. The van der Waals surface area contributed by atoms with E-state index in [1.807, 2.05) is 17.5 Å². The van der Waals surface area contributed by atoms with Crippen molar-refractivity contribution in [3.05, 3.63) is 46.7 Å². The molecule has 0 aliphatic heterocycles. The van der Waals surface area contributed by atoms with E-state index in [0.29, 0.717) is 11.4 Å². The molecule has 0 unspecified atom stereocenters. The SMILES string of the molecule is O=C(CNc1ccc(S(=O)(=O)C2CCCC2)cc1)NCc1cccs1. The standard InChI is InChI=1S/C18H22N2O3S2/c21-18(20-12-15-4-3-11-24-15)13-19-14-7-9-17(10-8-14)25(22,23)16-5-1-2-6-16/h3-4,7-11,16,19H,1-2,5-6,12-13H2,(H,20,21). The molecule has 0 atom stereocenters. The maximum atomic E-state index is 12.5. The zero-order chi connectivity index (χ0) is 17.7. The first kappa shape index (κ1) is 17.9. The summed E-state index contributed by atoms with van der Waals surface area (Å²) in [5.74, 6) is -0.101. The highest BCUT2D eigenvalue weighted by Crippen LogP contribution is 2.29. The minimum absolute atomic E-state index is 0.101. The number of thiophene rings is 1. The number of benzene rings is 1. The molecule has 0 saturated heterocycles. The Balaban J connectivity index is 1.51. The Morgan fingerprint density at radius 1 is 1.12 bits per heavy atom. The number of hydrogen-bond acceptors (Lipinski definition) is 5. The van der Waals surface area contributed by atoms with E-state index in [4.69, 9.17) is 0 Å². The monoisotopic (exact) mass is 378 g/mol. The Morgan fingerprint density at radius 3 is 2.48 bits per heavy atom. The summed E-state index contributed by atoms with van der Waals surface area (Å²) in [4.78, 5) is 13.3. The first-order valence-corrected chi connectivity index (χ1v) is 10.9. The van der Waals surface area contributed by atoms with Crippen LogP contribution in [0.1, 0.15) is 30.6 Å². The van der Waals surface area contributed by atoms with E-state index in [2.05, 4.69) is 10.6 Å². The van der Waals surface area contributed by atoms with Crippen LogP contribution < -0.4 is 10.6 Å². The summed E-state index contributed by atoms with van der Waals surface area (Å²) in [6.45, 7) is 0.677. The number of rotatable bonds is 7. The van der Waals surface area contributed by atoms with Gasteiger partial charge in [-0.05, 0) is 48.6 Å². The van der Waals surface area contributed by atoms with Crippen molar-refractivity contribution in [1.82, 2.24) is 5.32 Å². The van der Waals surface area contributed by atoms with E-state index in [0.717, 1.165) is 36.2 Å². The van der Waals surface area contributed by atoms with Crippen molar-refractivity contribution in [1.29, 1.82) is 0 Å². The molecule has 1 fully saturated rings. The molecular formula is C18H22N2O3S2. The fraction of sp³-hybridized carbons (Fsp3) is 0.389. The number of carbonyl (C=O) groups is 1. The number of hydrogen-bond donors (Lipinski definition) is 2. The van der Waals surface area contributed by atoms with Crippen molar-refractivity contribution in [2.45, 2.75) is 42.4 Å². The van der Waals surface area contributed by atoms with Gasteiger partial charge in [0.1, 0.15) is 0 Å². The maximum absolute atomic E-state index is 12.5. The van der Waals surface area contributed by atoms with Crippen LogP contribution in [0.25, 0.3) is 0 Å². The Labute approximate surface area is 152 Å². The summed E-state index contributed by atoms with van der Waals surface area (Å²) in [5, 5.41) is 7.59. The molecule has 1 aromatic heterocycles. The molecule has 1 aliphatic rings. The number of amides is 1. The quantitative estimate of drug-likeness (QED) is 0.776. The molecule has 7 heteroatoms. The van der Waals surface area contributed by atoms with Gasteiger partial charge in [0.25, 0.3) is 0 Å². The van der Waals surface area contributed by atoms with E-state index in [-0.39, 0.29) is 17.7 Å². The number of anilines is 1. The van der Waals surface area contributed by atoms with E-state index in [1.165, 1.54) is 0 Å². The Bertz CT molecular complexity index is 793. The molecule has 134 valence electrons. The Hall–Kier alpha value is -1.86. The van der Waals surface area contributed by atoms with Crippen LogP contribution in [0.5, 0.6) is 0 Å². The third kappa shape index (κ3) is 4.61. The van der Waals surface area contributed by atoms with Gasteiger partial charge in [0.15, 0.2) is 9.84 Å². The highest BCUT2D eigenvalue weighted by atomic mass is 32.2. The molecule has 0 radical (unpaired) electrons. The molecule has 1 aromatic carbocycles. The molecule has 2 N–H and O–H groups in total. The predicted octanol–water partition coefficient (Wildman–Crippen LogP) is 3.19. The molecule has 3 rings (SSSR count). The van der Waals surface area contributed by atoms with Crippen molar-refractivity contribution in [2.24, 2.45) is 0 Å². The lowest BCUT2D eigenvalue weighted by atomic mass is 10.3. The van der Waals surface area contributed by atoms with Crippen molar-refractivity contribution >= 4 is 32.8 Å². The van der Waals surface area contributed by atoms with Crippen molar-refractivity contribution in [3.8, 4) is 0 Å². The molecular weight excluding hydrogens is 356 g/mol. The van der Waals surface area contributed by atoms with Gasteiger partial charge in [-0.25, -0.2) is 8.42 Å². The molecule has 2 aromatic rings. The van der Waals surface area contributed by atoms with Crippen LogP contribution in [0.3, 0.4) is 0 Å². The highest BCUT2D eigenvalue weighted by Gasteiger charge is 2.29. The van der Waals surface area contributed by atoms with E-state index in [9.17, 15) is 13.2 Å². The summed E-state index contributed by atoms with van der Waals surface area (Å²) >= 11 is 1.60. The van der Waals surface area contributed by atoms with Crippen molar-refractivity contribution in [2.75, 3.05) is 11.9 Å². The van der Waals surface area contributed by atoms with Gasteiger partial charge < -0.3 is 10.6 Å². The van der Waals surface area contributed by atoms with Crippen LogP contribution >= 0.6 is 11.3 Å². The summed E-state index contributed by atoms with van der Waals surface area (Å²) < 4.78 is 25.1. The summed E-state index contributed by atoms with van der Waals surface area (Å²) in [5.41, 5.74) is 0.733. The lowest BCUT2D eigenvalue weighted by Gasteiger charge is -2.12. The average molecular weight is 379 g/mol. The zero-order valence-electron chi connectivity index (χ0n) is 13.9. The second-order valence-electron chi connectivity index (χ2n) is 6.19. The number of carbonyl (C=O) groups excluding carboxylic acids is 1. The normalized spacial score (nSPS) is 15.2. The van der Waals surface area contributed by atoms with Crippen LogP contribution in [0.15, 0.2) is 46.7 Å². The minimum atomic E-state index is -3.23. The van der Waals surface area contributed by atoms with Gasteiger partial charge in [0.2, 0.25) is 5.91 Å². The van der Waals surface area contributed by atoms with Crippen LogP contribution in [0.2, 0.25) is 0 Å². The largest absolute Gasteiger partial charge is 0.376 e. The van der Waals surface area contributed by atoms with Crippen molar-refractivity contribution < 1.29 is 13.2 Å². The van der Waals surface area contributed by atoms with Gasteiger partial charge in [0, 0.05) is 10.6 Å². The molecule has 1 saturated carbocycles. The van der Waals surface area contributed by atoms with E-state index < -0.39 is 9.84 Å². The van der Waals surface area contributed by atoms with Crippen molar-refractivity contribution in [3.63, 3.8) is 0 Å². The molecule has 0 spiro atoms. The molecule has 5 nitrogen and oxygen atoms in total. The second-order valence-corrected chi connectivity index (χ2v) is 9.45. The molecule has 1 amide bonds. The van der Waals surface area contributed by atoms with E-state index >= 15 is 0 Å². The third-order valence-electron chi connectivity index (χ3n) is 4.42.